The van der Waals surface area contributed by atoms with Gasteiger partial charge in [-0.25, -0.2) is 0 Å². The summed E-state index contributed by atoms with van der Waals surface area (Å²) in [6, 6.07) is 11.7. The average molecular weight is 402 g/mol. The number of hydrogen-bond acceptors (Lipinski definition) is 6. The van der Waals surface area contributed by atoms with Crippen LogP contribution in [0.3, 0.4) is 0 Å². The second-order valence-corrected chi connectivity index (χ2v) is 7.67. The van der Waals surface area contributed by atoms with Crippen LogP contribution >= 0.6 is 0 Å². The molecule has 7 nitrogen and oxygen atoms in total. The Balaban J connectivity index is 2.20. The van der Waals surface area contributed by atoms with Crippen LogP contribution in [0.4, 0.5) is 0 Å². The van der Waals surface area contributed by atoms with Gasteiger partial charge in [0.2, 0.25) is 0 Å². The molecule has 1 aromatic rings. The zero-order valence-electron chi connectivity index (χ0n) is 17.1. The van der Waals surface area contributed by atoms with Crippen LogP contribution < -0.4 is 14.4 Å². The Morgan fingerprint density at radius 2 is 2.03 bits per heavy atom. The molecule has 1 aliphatic heterocycles. The van der Waals surface area contributed by atoms with Gasteiger partial charge in [0.1, 0.15) is 12.5 Å². The van der Waals surface area contributed by atoms with E-state index in [-0.39, 0.29) is 11.6 Å². The van der Waals surface area contributed by atoms with Gasteiger partial charge in [-0.1, -0.05) is 18.7 Å². The van der Waals surface area contributed by atoms with Gasteiger partial charge in [0, 0.05) is 11.8 Å². The Morgan fingerprint density at radius 3 is 2.63 bits per heavy atom. The molecule has 0 saturated heterocycles. The molecular weight excluding hydrogens is 378 g/mol. The van der Waals surface area contributed by atoms with Gasteiger partial charge < -0.3 is 19.8 Å². The maximum Gasteiger partial charge on any atom is 0.189 e. The second-order valence-electron chi connectivity index (χ2n) is 7.67. The number of nitrogens with one attached hydrogen (secondary N) is 2. The number of ether oxygens (including phenoxy) is 2. The number of methoxy groups -OCH3 is 1. The number of benzene rings is 1. The minimum atomic E-state index is -1.73. The van der Waals surface area contributed by atoms with Gasteiger partial charge in [-0.3, -0.25) is 0 Å². The first kappa shape index (κ1) is 21.1. The van der Waals surface area contributed by atoms with E-state index in [2.05, 4.69) is 24.8 Å². The third-order valence-electron chi connectivity index (χ3n) is 5.98. The largest absolute Gasteiger partial charge is 0.493 e. The normalized spacial score (nSPS) is 26.8. The van der Waals surface area contributed by atoms with Crippen molar-refractivity contribution in [2.45, 2.75) is 5.92 Å². The molecule has 7 heteroatoms. The molecule has 0 aromatic heterocycles. The molecule has 30 heavy (non-hydrogen) atoms. The number of fused-ring (bicyclic) bond motifs is 1. The van der Waals surface area contributed by atoms with Crippen molar-refractivity contribution in [3.8, 4) is 29.7 Å². The number of rotatable bonds is 5. The molecular formula is C23H24N5O2+. The van der Waals surface area contributed by atoms with Crippen LogP contribution in [-0.2, 0) is 0 Å². The lowest BCUT2D eigenvalue weighted by Crippen LogP contribution is -3.10. The minimum absolute atomic E-state index is 0.145. The summed E-state index contributed by atoms with van der Waals surface area (Å²) in [5.74, 6) is -0.635. The Bertz CT molecular complexity index is 1010. The molecule has 1 fully saturated rings. The van der Waals surface area contributed by atoms with E-state index in [4.69, 9.17) is 14.9 Å². The molecule has 152 valence electrons. The molecule has 0 bridgehead atoms. The lowest BCUT2D eigenvalue weighted by atomic mass is 9.54. The number of quaternary nitrogens is 1. The molecule has 4 atom stereocenters. The molecule has 0 spiro atoms. The molecule has 1 aliphatic carbocycles. The zero-order valence-corrected chi connectivity index (χ0v) is 17.1. The van der Waals surface area contributed by atoms with E-state index < -0.39 is 17.3 Å². The molecule has 1 heterocycles. The van der Waals surface area contributed by atoms with E-state index in [1.807, 2.05) is 19.2 Å². The van der Waals surface area contributed by atoms with Crippen LogP contribution in [0, 0.1) is 56.7 Å². The summed E-state index contributed by atoms with van der Waals surface area (Å²) in [6.07, 6.45) is 3.63. The van der Waals surface area contributed by atoms with Crippen molar-refractivity contribution < 1.29 is 14.4 Å². The number of likely N-dealkylation sites (N-methyl/N-ethyl adjacent to an activating group) is 1. The molecule has 2 N–H and O–H groups in total. The van der Waals surface area contributed by atoms with Crippen LogP contribution in [0.1, 0.15) is 11.5 Å². The number of nitrogens with zero attached hydrogens (tertiary/aromatic N) is 3. The molecule has 1 saturated carbocycles. The van der Waals surface area contributed by atoms with Crippen LogP contribution in [0.5, 0.6) is 11.5 Å². The van der Waals surface area contributed by atoms with Crippen molar-refractivity contribution in [1.29, 1.82) is 21.2 Å². The zero-order chi connectivity index (χ0) is 21.9. The van der Waals surface area contributed by atoms with Gasteiger partial charge in [-0.15, -0.1) is 0 Å². The molecule has 2 aliphatic rings. The Labute approximate surface area is 176 Å². The van der Waals surface area contributed by atoms with Crippen molar-refractivity contribution >= 4 is 5.71 Å². The molecule has 0 amide bonds. The fourth-order valence-electron chi connectivity index (χ4n) is 4.58. The second kappa shape index (κ2) is 8.41. The summed E-state index contributed by atoms with van der Waals surface area (Å²) >= 11 is 0. The van der Waals surface area contributed by atoms with Crippen molar-refractivity contribution in [1.82, 2.24) is 0 Å². The van der Waals surface area contributed by atoms with Gasteiger partial charge in [0.05, 0.1) is 51.2 Å². The van der Waals surface area contributed by atoms with Crippen LogP contribution in [0.25, 0.3) is 0 Å². The Morgan fingerprint density at radius 1 is 1.30 bits per heavy atom. The first-order valence-corrected chi connectivity index (χ1v) is 9.71. The smallest absolute Gasteiger partial charge is 0.189 e. The van der Waals surface area contributed by atoms with Crippen molar-refractivity contribution in [3.05, 3.63) is 48.1 Å². The van der Waals surface area contributed by atoms with Crippen LogP contribution in [0.15, 0.2) is 42.5 Å². The van der Waals surface area contributed by atoms with Crippen molar-refractivity contribution in [2.24, 2.45) is 17.3 Å². The summed E-state index contributed by atoms with van der Waals surface area (Å²) in [5, 5.41) is 38.6. The summed E-state index contributed by atoms with van der Waals surface area (Å²) in [5.41, 5.74) is -0.319. The molecule has 3 rings (SSSR count). The highest BCUT2D eigenvalue weighted by Crippen LogP contribution is 2.53. The monoisotopic (exact) mass is 402 g/mol. The molecule has 1 aromatic carbocycles. The Kier molecular flexibility index (Phi) is 5.92. The highest BCUT2D eigenvalue weighted by molar-refractivity contribution is 6.00. The topological polar surface area (TPSA) is 118 Å². The number of nitriles is 3. The van der Waals surface area contributed by atoms with E-state index in [0.29, 0.717) is 30.2 Å². The molecule has 2 unspecified atom stereocenters. The first-order chi connectivity index (χ1) is 14.5. The van der Waals surface area contributed by atoms with E-state index in [1.165, 1.54) is 12.0 Å². The van der Waals surface area contributed by atoms with Crippen molar-refractivity contribution in [3.63, 3.8) is 0 Å². The minimum Gasteiger partial charge on any atom is -0.493 e. The standard InChI is InChI=1S/C23H23N5O2/c1-4-9-30-19-6-5-15(10-20(19)29-3)21-18-12-28(2)8-7-16(18)17(11-24)22(27)23(21,13-25)14-26/h4-7,10,17-18,21,27H,1,8-9,12H2,2-3H3/p+1/t17?,18-,21-/m0/s1. The average Bonchev–Trinajstić information content (AvgIpc) is 2.77. The fourth-order valence-corrected chi connectivity index (χ4v) is 4.58. The quantitative estimate of drug-likeness (QED) is 0.726. The predicted molar refractivity (Wildman–Crippen MR) is 110 cm³/mol. The van der Waals surface area contributed by atoms with E-state index in [1.54, 1.807) is 18.2 Å². The predicted octanol–water partition coefficient (Wildman–Crippen LogP) is 1.62. The van der Waals surface area contributed by atoms with E-state index >= 15 is 0 Å². The summed E-state index contributed by atoms with van der Waals surface area (Å²) < 4.78 is 11.1. The summed E-state index contributed by atoms with van der Waals surface area (Å²) in [4.78, 5) is 1.22. The van der Waals surface area contributed by atoms with Gasteiger partial charge in [-0.2, -0.15) is 15.8 Å². The van der Waals surface area contributed by atoms with Gasteiger partial charge in [-0.05, 0) is 29.3 Å². The fraction of sp³-hybridized carbons (Fsp3) is 0.391. The highest BCUT2D eigenvalue weighted by atomic mass is 16.5. The van der Waals surface area contributed by atoms with Crippen molar-refractivity contribution in [2.75, 3.05) is 33.9 Å². The van der Waals surface area contributed by atoms with Crippen LogP contribution in [-0.4, -0.2) is 39.6 Å². The van der Waals surface area contributed by atoms with E-state index in [0.717, 1.165) is 12.1 Å². The van der Waals surface area contributed by atoms with Gasteiger partial charge in [0.25, 0.3) is 0 Å². The highest BCUT2D eigenvalue weighted by Gasteiger charge is 2.58. The van der Waals surface area contributed by atoms with E-state index in [9.17, 15) is 15.8 Å². The Hall–Kier alpha value is -3.60. The van der Waals surface area contributed by atoms with Gasteiger partial charge in [0.15, 0.2) is 16.9 Å². The third-order valence-corrected chi connectivity index (χ3v) is 5.98. The first-order valence-electron chi connectivity index (χ1n) is 9.71. The van der Waals surface area contributed by atoms with Crippen LogP contribution in [0.2, 0.25) is 0 Å². The SMILES string of the molecule is C=CCOc1ccc([C@H]2[C@H]3C[NH+](C)CC=C3C(C#N)C(=N)C2(C#N)C#N)cc1OC. The third kappa shape index (κ3) is 3.22. The summed E-state index contributed by atoms with van der Waals surface area (Å²) in [7, 11) is 3.57. The van der Waals surface area contributed by atoms with Gasteiger partial charge >= 0.3 is 0 Å². The lowest BCUT2D eigenvalue weighted by molar-refractivity contribution is -0.878. The maximum atomic E-state index is 10.1. The maximum absolute atomic E-state index is 10.1. The molecule has 0 radical (unpaired) electrons. The lowest BCUT2D eigenvalue weighted by Gasteiger charge is -2.46. The number of hydrogen-bond donors (Lipinski definition) is 2. The summed E-state index contributed by atoms with van der Waals surface area (Å²) in [6.45, 7) is 5.37.